The van der Waals surface area contributed by atoms with Gasteiger partial charge in [0.15, 0.2) is 0 Å². The fraction of sp³-hybridized carbons (Fsp3) is 0.500. The van der Waals surface area contributed by atoms with Gasteiger partial charge in [-0.3, -0.25) is 10.4 Å². The molecule has 1 aliphatic rings. The van der Waals surface area contributed by atoms with Gasteiger partial charge in [-0.25, -0.2) is 24.8 Å². The lowest BCUT2D eigenvalue weighted by atomic mass is 9.84. The Hall–Kier alpha value is -4.21. The molecule has 0 spiro atoms. The smallest absolute Gasteiger partial charge is 0.408 e. The van der Waals surface area contributed by atoms with E-state index >= 15 is 0 Å². The monoisotopic (exact) mass is 734 g/mol. The van der Waals surface area contributed by atoms with Crippen molar-refractivity contribution in [3.05, 3.63) is 58.2 Å². The van der Waals surface area contributed by atoms with Crippen molar-refractivity contribution in [2.45, 2.75) is 98.1 Å². The Morgan fingerprint density at radius 1 is 1.17 bits per heavy atom. The van der Waals surface area contributed by atoms with Crippen LogP contribution in [-0.4, -0.2) is 75.6 Å². The molecule has 1 amide bonds. The first-order valence-corrected chi connectivity index (χ1v) is 18.5. The van der Waals surface area contributed by atoms with Crippen LogP contribution in [0.5, 0.6) is 0 Å². The van der Waals surface area contributed by atoms with Gasteiger partial charge in [-0.15, -0.1) is 11.3 Å². The molecule has 1 aliphatic heterocycles. The number of alkyl carbamates (subject to hydrolysis) is 1. The van der Waals surface area contributed by atoms with Gasteiger partial charge in [0.2, 0.25) is 0 Å². The first kappa shape index (κ1) is 39.0. The average Bonchev–Trinajstić information content (AvgIpc) is 3.69. The number of carbonyl (C=O) groups is 3. The van der Waals surface area contributed by atoms with Crippen molar-refractivity contribution in [1.29, 1.82) is 0 Å². The topological polar surface area (TPSA) is 166 Å². The molecule has 2 atom stereocenters. The zero-order valence-electron chi connectivity index (χ0n) is 31.0. The standard InChI is InChI=1S/C38H50N6O7S/c1-8-44-31-14-13-23(17-25(31)26(19-38(5,6)22-45)33(44)24-11-9-15-39-29(24)20-49-7)30-21-52-32(41-30)18-28(42-36(48)51-37(2,3)4)35(47)50-34(46)27-12-10-16-40-43-27/h9,11,13-15,17,21,27-28,40,43,45H,8,10,12,16,18-20,22H2,1-7H3,(H,42,48)/t27?,28-/m0/s1. The average molecular weight is 735 g/mol. The number of nitrogens with one attached hydrogen (secondary N) is 3. The van der Waals surface area contributed by atoms with E-state index in [9.17, 15) is 19.5 Å². The van der Waals surface area contributed by atoms with Crippen LogP contribution in [0.3, 0.4) is 0 Å². The molecule has 0 aliphatic carbocycles. The molecule has 280 valence electrons. The highest BCUT2D eigenvalue weighted by molar-refractivity contribution is 7.10. The van der Waals surface area contributed by atoms with Crippen molar-refractivity contribution in [1.82, 2.24) is 30.7 Å². The highest BCUT2D eigenvalue weighted by Gasteiger charge is 2.32. The Labute approximate surface area is 308 Å². The number of fused-ring (bicyclic) bond motifs is 1. The van der Waals surface area contributed by atoms with Crippen LogP contribution >= 0.6 is 11.3 Å². The fourth-order valence-electron chi connectivity index (χ4n) is 6.27. The second kappa shape index (κ2) is 16.6. The summed E-state index contributed by atoms with van der Waals surface area (Å²) in [4.78, 5) is 48.4. The second-order valence-electron chi connectivity index (χ2n) is 14.8. The molecule has 1 aromatic carbocycles. The first-order chi connectivity index (χ1) is 24.7. The van der Waals surface area contributed by atoms with Crippen molar-refractivity contribution < 1.29 is 33.7 Å². The quantitative estimate of drug-likeness (QED) is 0.104. The number of pyridine rings is 1. The van der Waals surface area contributed by atoms with Crippen molar-refractivity contribution in [3.63, 3.8) is 0 Å². The zero-order valence-corrected chi connectivity index (χ0v) is 31.8. The van der Waals surface area contributed by atoms with Crippen molar-refractivity contribution in [3.8, 4) is 22.5 Å². The Balaban J connectivity index is 1.49. The summed E-state index contributed by atoms with van der Waals surface area (Å²) < 4.78 is 18.4. The van der Waals surface area contributed by atoms with E-state index in [0.29, 0.717) is 43.2 Å². The lowest BCUT2D eigenvalue weighted by Crippen LogP contribution is -2.52. The van der Waals surface area contributed by atoms with E-state index in [0.717, 1.165) is 45.4 Å². The molecule has 14 heteroatoms. The van der Waals surface area contributed by atoms with E-state index in [4.69, 9.17) is 19.2 Å². The number of thiazole rings is 1. The lowest BCUT2D eigenvalue weighted by Gasteiger charge is -2.24. The van der Waals surface area contributed by atoms with Crippen molar-refractivity contribution in [2.24, 2.45) is 5.41 Å². The minimum Gasteiger partial charge on any atom is -0.444 e. The van der Waals surface area contributed by atoms with Gasteiger partial charge >= 0.3 is 18.0 Å². The summed E-state index contributed by atoms with van der Waals surface area (Å²) in [6, 6.07) is 8.32. The van der Waals surface area contributed by atoms with Crippen LogP contribution in [0.4, 0.5) is 4.79 Å². The molecule has 4 N–H and O–H groups in total. The van der Waals surface area contributed by atoms with Gasteiger partial charge in [-0.05, 0) is 82.2 Å². The maximum atomic E-state index is 13.3. The Kier molecular flexibility index (Phi) is 12.5. The molecule has 1 saturated heterocycles. The van der Waals surface area contributed by atoms with Gasteiger partial charge in [0.25, 0.3) is 0 Å². The molecule has 5 rings (SSSR count). The van der Waals surface area contributed by atoms with E-state index in [2.05, 4.69) is 50.8 Å². The first-order valence-electron chi connectivity index (χ1n) is 17.6. The third-order valence-corrected chi connectivity index (χ3v) is 9.62. The van der Waals surface area contributed by atoms with E-state index < -0.39 is 41.1 Å². The van der Waals surface area contributed by atoms with E-state index in [1.807, 2.05) is 31.4 Å². The Morgan fingerprint density at radius 3 is 2.63 bits per heavy atom. The Morgan fingerprint density at radius 2 is 1.96 bits per heavy atom. The van der Waals surface area contributed by atoms with E-state index in [-0.39, 0.29) is 13.0 Å². The number of aryl methyl sites for hydroxylation is 1. The molecule has 4 aromatic rings. The summed E-state index contributed by atoms with van der Waals surface area (Å²) in [6.07, 6.45) is 2.83. The van der Waals surface area contributed by atoms with Crippen molar-refractivity contribution in [2.75, 3.05) is 20.3 Å². The van der Waals surface area contributed by atoms with Gasteiger partial charge in [-0.1, -0.05) is 19.9 Å². The summed E-state index contributed by atoms with van der Waals surface area (Å²) in [5.74, 6) is -1.62. The largest absolute Gasteiger partial charge is 0.444 e. The molecule has 13 nitrogen and oxygen atoms in total. The van der Waals surface area contributed by atoms with Gasteiger partial charge in [0, 0.05) is 66.8 Å². The number of rotatable bonds is 13. The number of amides is 1. The summed E-state index contributed by atoms with van der Waals surface area (Å²) in [5, 5.41) is 16.4. The van der Waals surface area contributed by atoms with Crippen molar-refractivity contribution >= 4 is 40.3 Å². The number of esters is 2. The predicted octanol–water partition coefficient (Wildman–Crippen LogP) is 5.32. The number of ether oxygens (including phenoxy) is 3. The number of aliphatic hydroxyl groups is 1. The number of hydrazine groups is 1. The molecule has 52 heavy (non-hydrogen) atoms. The third kappa shape index (κ3) is 9.41. The number of hydrogen-bond donors (Lipinski definition) is 4. The summed E-state index contributed by atoms with van der Waals surface area (Å²) in [5.41, 5.74) is 11.1. The number of methoxy groups -OCH3 is 1. The van der Waals surface area contributed by atoms with Crippen LogP contribution in [-0.2, 0) is 49.8 Å². The van der Waals surface area contributed by atoms with E-state index in [1.165, 1.54) is 11.3 Å². The number of hydrogen-bond acceptors (Lipinski definition) is 12. The molecular formula is C38H50N6O7S. The maximum absolute atomic E-state index is 13.3. The number of nitrogens with zero attached hydrogens (tertiary/aromatic N) is 3. The zero-order chi connectivity index (χ0) is 37.6. The van der Waals surface area contributed by atoms with Gasteiger partial charge < -0.3 is 29.2 Å². The second-order valence-corrected chi connectivity index (χ2v) is 15.7. The maximum Gasteiger partial charge on any atom is 0.408 e. The normalized spacial score (nSPS) is 15.7. The molecule has 1 unspecified atom stereocenters. The summed E-state index contributed by atoms with van der Waals surface area (Å²) in [6.45, 7) is 13.2. The van der Waals surface area contributed by atoms with Crippen LogP contribution in [0.15, 0.2) is 41.9 Å². The minimum atomic E-state index is -1.22. The number of aromatic nitrogens is 3. The molecule has 4 heterocycles. The van der Waals surface area contributed by atoms with Crippen LogP contribution in [0.1, 0.15) is 70.6 Å². The molecule has 0 radical (unpaired) electrons. The van der Waals surface area contributed by atoms with Gasteiger partial charge in [0.05, 0.1) is 28.7 Å². The summed E-state index contributed by atoms with van der Waals surface area (Å²) in [7, 11) is 1.66. The molecule has 0 bridgehead atoms. The van der Waals surface area contributed by atoms with Gasteiger partial charge in [-0.2, -0.15) is 0 Å². The predicted molar refractivity (Wildman–Crippen MR) is 199 cm³/mol. The van der Waals surface area contributed by atoms with Gasteiger partial charge in [0.1, 0.15) is 17.7 Å². The molecule has 0 saturated carbocycles. The number of carbonyl (C=O) groups excluding carboxylic acids is 3. The minimum absolute atomic E-state index is 0.00973. The number of aliphatic hydroxyl groups excluding tert-OH is 1. The van der Waals surface area contributed by atoms with Crippen LogP contribution < -0.4 is 16.2 Å². The fourth-order valence-corrected chi connectivity index (χ4v) is 7.12. The molecule has 1 fully saturated rings. The van der Waals surface area contributed by atoms with Crippen LogP contribution in [0.25, 0.3) is 33.4 Å². The SMILES string of the molecule is CCn1c(-c2cccnc2COC)c(CC(C)(C)CO)c2cc(-c3csc(C[C@H](NC(=O)OC(C)(C)C)C(=O)OC(=O)C4CCCNN4)n3)ccc21. The lowest BCUT2D eigenvalue weighted by molar-refractivity contribution is -0.163. The number of benzene rings is 1. The molecule has 3 aromatic heterocycles. The Bertz CT molecular complexity index is 1890. The summed E-state index contributed by atoms with van der Waals surface area (Å²) >= 11 is 1.34. The van der Waals surface area contributed by atoms with Crippen LogP contribution in [0, 0.1) is 5.41 Å². The van der Waals surface area contributed by atoms with Crippen LogP contribution in [0.2, 0.25) is 0 Å². The molecular weight excluding hydrogens is 685 g/mol. The third-order valence-electron chi connectivity index (χ3n) is 8.75. The highest BCUT2D eigenvalue weighted by atomic mass is 32.1. The van der Waals surface area contributed by atoms with E-state index in [1.54, 1.807) is 34.1 Å². The highest BCUT2D eigenvalue weighted by Crippen LogP contribution is 2.40.